The Labute approximate surface area is 184 Å². The molecule has 30 heavy (non-hydrogen) atoms. The lowest BCUT2D eigenvalue weighted by Gasteiger charge is -2.37. The molecule has 4 rings (SSSR count). The summed E-state index contributed by atoms with van der Waals surface area (Å²) in [6.07, 6.45) is 2.06. The van der Waals surface area contributed by atoms with Crippen LogP contribution in [0, 0.1) is 13.8 Å². The quantitative estimate of drug-likeness (QED) is 0.696. The van der Waals surface area contributed by atoms with Crippen molar-refractivity contribution in [1.29, 1.82) is 0 Å². The van der Waals surface area contributed by atoms with Gasteiger partial charge in [0.1, 0.15) is 0 Å². The van der Waals surface area contributed by atoms with Gasteiger partial charge in [0.2, 0.25) is 0 Å². The van der Waals surface area contributed by atoms with Crippen molar-refractivity contribution >= 4 is 29.0 Å². The molecule has 5 nitrogen and oxygen atoms in total. The number of benzene rings is 2. The van der Waals surface area contributed by atoms with Crippen molar-refractivity contribution in [2.24, 2.45) is 0 Å². The molecule has 6 heteroatoms. The van der Waals surface area contributed by atoms with E-state index in [1.807, 2.05) is 4.90 Å². The normalized spacial score (nSPS) is 17.4. The first-order chi connectivity index (χ1) is 14.6. The molecule has 0 N–H and O–H groups in total. The van der Waals surface area contributed by atoms with E-state index in [0.29, 0.717) is 13.2 Å². The number of piperazine rings is 1. The molecule has 0 unspecified atom stereocenters. The van der Waals surface area contributed by atoms with Crippen molar-refractivity contribution in [3.63, 3.8) is 0 Å². The highest BCUT2D eigenvalue weighted by Gasteiger charge is 2.26. The Balaban J connectivity index is 1.50. The fourth-order valence-electron chi connectivity index (χ4n) is 4.15. The lowest BCUT2D eigenvalue weighted by Crippen LogP contribution is -2.49. The fraction of sp³-hybridized carbons (Fsp3) is 0.458. The summed E-state index contributed by atoms with van der Waals surface area (Å²) in [6.45, 7) is 10.6. The van der Waals surface area contributed by atoms with Gasteiger partial charge in [-0.2, -0.15) is 0 Å². The number of nitrogens with zero attached hydrogens (tertiary/aromatic N) is 3. The van der Waals surface area contributed by atoms with Crippen LogP contribution in [0.2, 0.25) is 0 Å². The van der Waals surface area contributed by atoms with Gasteiger partial charge in [0.15, 0.2) is 0 Å². The Bertz CT molecular complexity index is 903. The van der Waals surface area contributed by atoms with Crippen LogP contribution in [0.4, 0.5) is 11.4 Å². The minimum Gasteiger partial charge on any atom is -0.378 e. The van der Waals surface area contributed by atoms with E-state index in [1.165, 1.54) is 16.8 Å². The standard InChI is InChI=1S/C24H31N3O2S/c1-18-4-5-20(16-19(18)2)25-8-10-27(11-9-25)24(28)22-17-21(30-3)6-7-23(22)26-12-14-29-15-13-26/h4-7,16-17H,8-15H2,1-3H3. The largest absolute Gasteiger partial charge is 0.378 e. The fourth-order valence-corrected chi connectivity index (χ4v) is 4.59. The Hall–Kier alpha value is -2.18. The van der Waals surface area contributed by atoms with Gasteiger partial charge in [-0.05, 0) is 61.6 Å². The Kier molecular flexibility index (Phi) is 6.54. The van der Waals surface area contributed by atoms with Crippen molar-refractivity contribution in [3.05, 3.63) is 53.1 Å². The average molecular weight is 426 g/mol. The highest BCUT2D eigenvalue weighted by molar-refractivity contribution is 7.98. The molecule has 0 spiro atoms. The Morgan fingerprint density at radius 1 is 0.867 bits per heavy atom. The second-order valence-electron chi connectivity index (χ2n) is 8.03. The molecule has 0 aliphatic carbocycles. The van der Waals surface area contributed by atoms with Crippen LogP contribution in [0.1, 0.15) is 21.5 Å². The molecule has 2 aliphatic rings. The predicted molar refractivity (Wildman–Crippen MR) is 125 cm³/mol. The van der Waals surface area contributed by atoms with E-state index in [0.717, 1.165) is 55.4 Å². The summed E-state index contributed by atoms with van der Waals surface area (Å²) in [6, 6.07) is 12.9. The Morgan fingerprint density at radius 3 is 2.27 bits per heavy atom. The average Bonchev–Trinajstić information content (AvgIpc) is 2.80. The zero-order valence-corrected chi connectivity index (χ0v) is 19.0. The highest BCUT2D eigenvalue weighted by atomic mass is 32.2. The highest BCUT2D eigenvalue weighted by Crippen LogP contribution is 2.29. The third-order valence-electron chi connectivity index (χ3n) is 6.21. The number of thioether (sulfide) groups is 1. The lowest BCUT2D eigenvalue weighted by atomic mass is 10.1. The zero-order chi connectivity index (χ0) is 21.1. The van der Waals surface area contributed by atoms with Crippen molar-refractivity contribution in [2.75, 3.05) is 68.5 Å². The molecule has 0 saturated carbocycles. The molecule has 160 valence electrons. The van der Waals surface area contributed by atoms with Crippen molar-refractivity contribution in [3.8, 4) is 0 Å². The smallest absolute Gasteiger partial charge is 0.256 e. The van der Waals surface area contributed by atoms with Crippen LogP contribution in [0.15, 0.2) is 41.3 Å². The molecule has 2 aliphatic heterocycles. The molecular weight excluding hydrogens is 394 g/mol. The molecule has 0 radical (unpaired) electrons. The molecule has 2 saturated heterocycles. The van der Waals surface area contributed by atoms with Crippen LogP contribution in [0.25, 0.3) is 0 Å². The third kappa shape index (κ3) is 4.44. The van der Waals surface area contributed by atoms with Crippen LogP contribution >= 0.6 is 11.8 Å². The third-order valence-corrected chi connectivity index (χ3v) is 6.93. The number of ether oxygens (including phenoxy) is 1. The number of morpholine rings is 1. The molecule has 0 aromatic heterocycles. The summed E-state index contributed by atoms with van der Waals surface area (Å²) in [5.74, 6) is 0.145. The van der Waals surface area contributed by atoms with Gasteiger partial charge in [0.25, 0.3) is 5.91 Å². The van der Waals surface area contributed by atoms with Gasteiger partial charge < -0.3 is 19.4 Å². The number of carbonyl (C=O) groups is 1. The number of anilines is 2. The summed E-state index contributed by atoms with van der Waals surface area (Å²) in [5.41, 5.74) is 5.75. The lowest BCUT2D eigenvalue weighted by molar-refractivity contribution is 0.0746. The van der Waals surface area contributed by atoms with Crippen LogP contribution in [0.3, 0.4) is 0 Å². The molecule has 2 aromatic rings. The second kappa shape index (κ2) is 9.31. The van der Waals surface area contributed by atoms with E-state index in [2.05, 4.69) is 66.3 Å². The number of hydrogen-bond acceptors (Lipinski definition) is 5. The van der Waals surface area contributed by atoms with Crippen LogP contribution in [-0.4, -0.2) is 69.5 Å². The van der Waals surface area contributed by atoms with Gasteiger partial charge in [0.05, 0.1) is 18.8 Å². The van der Waals surface area contributed by atoms with E-state index in [1.54, 1.807) is 11.8 Å². The van der Waals surface area contributed by atoms with Gasteiger partial charge in [-0.25, -0.2) is 0 Å². The number of carbonyl (C=O) groups excluding carboxylic acids is 1. The predicted octanol–water partition coefficient (Wildman–Crippen LogP) is 3.82. The van der Waals surface area contributed by atoms with Gasteiger partial charge in [-0.15, -0.1) is 11.8 Å². The maximum Gasteiger partial charge on any atom is 0.256 e. The second-order valence-corrected chi connectivity index (χ2v) is 8.91. The van der Waals surface area contributed by atoms with E-state index < -0.39 is 0 Å². The zero-order valence-electron chi connectivity index (χ0n) is 18.2. The number of aryl methyl sites for hydroxylation is 2. The van der Waals surface area contributed by atoms with E-state index >= 15 is 0 Å². The van der Waals surface area contributed by atoms with Gasteiger partial charge >= 0.3 is 0 Å². The monoisotopic (exact) mass is 425 g/mol. The number of amides is 1. The first-order valence-electron chi connectivity index (χ1n) is 10.7. The van der Waals surface area contributed by atoms with E-state index in [9.17, 15) is 4.79 Å². The first-order valence-corrected chi connectivity index (χ1v) is 11.9. The summed E-state index contributed by atoms with van der Waals surface area (Å²) >= 11 is 1.68. The SMILES string of the molecule is CSc1ccc(N2CCOCC2)c(C(=O)N2CCN(c3ccc(C)c(C)c3)CC2)c1. The van der Waals surface area contributed by atoms with Gasteiger partial charge in [-0.3, -0.25) is 4.79 Å². The maximum atomic E-state index is 13.5. The van der Waals surface area contributed by atoms with Crippen LogP contribution < -0.4 is 9.80 Å². The van der Waals surface area contributed by atoms with Gasteiger partial charge in [-0.1, -0.05) is 6.07 Å². The van der Waals surface area contributed by atoms with Crippen LogP contribution in [-0.2, 0) is 4.74 Å². The van der Waals surface area contributed by atoms with Gasteiger partial charge in [0, 0.05) is 55.5 Å². The molecule has 2 aromatic carbocycles. The Morgan fingerprint density at radius 2 is 1.60 bits per heavy atom. The minimum atomic E-state index is 0.145. The minimum absolute atomic E-state index is 0.145. The molecular formula is C24H31N3O2S. The molecule has 1 amide bonds. The summed E-state index contributed by atoms with van der Waals surface area (Å²) < 4.78 is 5.51. The topological polar surface area (TPSA) is 36.0 Å². The van der Waals surface area contributed by atoms with E-state index in [-0.39, 0.29) is 5.91 Å². The van der Waals surface area contributed by atoms with Crippen molar-refractivity contribution < 1.29 is 9.53 Å². The summed E-state index contributed by atoms with van der Waals surface area (Å²) in [5, 5.41) is 0. The molecule has 0 bridgehead atoms. The molecule has 2 heterocycles. The molecule has 2 fully saturated rings. The summed E-state index contributed by atoms with van der Waals surface area (Å²) in [4.78, 5) is 21.3. The maximum absolute atomic E-state index is 13.5. The van der Waals surface area contributed by atoms with Crippen LogP contribution in [0.5, 0.6) is 0 Å². The summed E-state index contributed by atoms with van der Waals surface area (Å²) in [7, 11) is 0. The van der Waals surface area contributed by atoms with Crippen molar-refractivity contribution in [2.45, 2.75) is 18.7 Å². The number of hydrogen-bond donors (Lipinski definition) is 0. The first kappa shape index (κ1) is 21.1. The molecule has 0 atom stereocenters. The number of rotatable bonds is 4. The van der Waals surface area contributed by atoms with E-state index in [4.69, 9.17) is 4.74 Å². The van der Waals surface area contributed by atoms with Crippen molar-refractivity contribution in [1.82, 2.24) is 4.90 Å².